The zero-order valence-electron chi connectivity index (χ0n) is 5.46. The SMILES string of the molecule is O=S1(=O)CC(F)=CC(F)CO1. The van der Waals surface area contributed by atoms with Crippen molar-refractivity contribution in [3.63, 3.8) is 0 Å². The molecule has 1 rings (SSSR count). The highest BCUT2D eigenvalue weighted by Gasteiger charge is 2.21. The van der Waals surface area contributed by atoms with E-state index in [9.17, 15) is 17.2 Å². The summed E-state index contributed by atoms with van der Waals surface area (Å²) in [6.07, 6.45) is -1.07. The molecule has 0 aromatic rings. The van der Waals surface area contributed by atoms with Crippen LogP contribution in [0.3, 0.4) is 0 Å². The minimum Gasteiger partial charge on any atom is -0.266 e. The van der Waals surface area contributed by atoms with Crippen LogP contribution in [-0.4, -0.2) is 26.9 Å². The Bertz CT molecular complexity index is 269. The van der Waals surface area contributed by atoms with Gasteiger partial charge in [-0.1, -0.05) is 0 Å². The maximum absolute atomic E-state index is 12.4. The Kier molecular flexibility index (Phi) is 2.24. The van der Waals surface area contributed by atoms with Gasteiger partial charge in [0.15, 0.2) is 0 Å². The second-order valence-corrected chi connectivity index (χ2v) is 3.76. The first-order valence-corrected chi connectivity index (χ1v) is 4.45. The minimum atomic E-state index is -3.88. The summed E-state index contributed by atoms with van der Waals surface area (Å²) in [6.45, 7) is -0.629. The summed E-state index contributed by atoms with van der Waals surface area (Å²) < 4.78 is 49.9. The molecule has 11 heavy (non-hydrogen) atoms. The van der Waals surface area contributed by atoms with Crippen LogP contribution in [0, 0.1) is 0 Å². The van der Waals surface area contributed by atoms with Crippen molar-refractivity contribution in [2.75, 3.05) is 12.4 Å². The van der Waals surface area contributed by atoms with Gasteiger partial charge in [0.1, 0.15) is 24.4 Å². The Balaban J connectivity index is 2.85. The zero-order chi connectivity index (χ0) is 8.48. The second-order valence-electron chi connectivity index (χ2n) is 2.12. The molecule has 0 spiro atoms. The van der Waals surface area contributed by atoms with E-state index in [1.165, 1.54) is 0 Å². The molecule has 0 fully saturated rings. The third-order valence-corrected chi connectivity index (χ3v) is 2.21. The van der Waals surface area contributed by atoms with E-state index in [0.29, 0.717) is 6.08 Å². The molecule has 0 saturated carbocycles. The molecule has 1 aliphatic heterocycles. The van der Waals surface area contributed by atoms with Gasteiger partial charge < -0.3 is 0 Å². The summed E-state index contributed by atoms with van der Waals surface area (Å²) in [5, 5.41) is 0. The van der Waals surface area contributed by atoms with Gasteiger partial charge in [-0.25, -0.2) is 8.78 Å². The first-order valence-electron chi connectivity index (χ1n) is 2.87. The Hall–Kier alpha value is -0.490. The highest BCUT2D eigenvalue weighted by atomic mass is 32.2. The average molecular weight is 184 g/mol. The monoisotopic (exact) mass is 184 g/mol. The van der Waals surface area contributed by atoms with Gasteiger partial charge in [-0.05, 0) is 6.08 Å². The Morgan fingerprint density at radius 3 is 2.91 bits per heavy atom. The van der Waals surface area contributed by atoms with Crippen molar-refractivity contribution in [3.8, 4) is 0 Å². The average Bonchev–Trinajstić information content (AvgIpc) is 1.90. The van der Waals surface area contributed by atoms with Crippen molar-refractivity contribution in [1.82, 2.24) is 0 Å². The van der Waals surface area contributed by atoms with Crippen molar-refractivity contribution < 1.29 is 21.4 Å². The molecule has 1 heterocycles. The molecule has 0 aromatic carbocycles. The fourth-order valence-electron chi connectivity index (χ4n) is 0.672. The molecule has 1 aliphatic rings. The zero-order valence-corrected chi connectivity index (χ0v) is 6.27. The molecule has 1 atom stereocenters. The van der Waals surface area contributed by atoms with Gasteiger partial charge in [-0.3, -0.25) is 4.18 Å². The van der Waals surface area contributed by atoms with E-state index in [2.05, 4.69) is 4.18 Å². The summed E-state index contributed by atoms with van der Waals surface area (Å²) in [6, 6.07) is 0. The third kappa shape index (κ3) is 2.55. The van der Waals surface area contributed by atoms with E-state index >= 15 is 0 Å². The van der Waals surface area contributed by atoms with Gasteiger partial charge in [0.2, 0.25) is 0 Å². The standard InChI is InChI=1S/C5H6F2O3S/c6-4-1-5(7)3-11(8,9)10-2-4/h1,4H,2-3H2. The number of rotatable bonds is 0. The molecule has 1 unspecified atom stereocenters. The number of alkyl halides is 1. The van der Waals surface area contributed by atoms with Gasteiger partial charge in [0.05, 0.1) is 0 Å². The van der Waals surface area contributed by atoms with Crippen molar-refractivity contribution in [2.45, 2.75) is 6.17 Å². The molecule has 6 heteroatoms. The van der Waals surface area contributed by atoms with Crippen molar-refractivity contribution in [3.05, 3.63) is 11.9 Å². The first kappa shape index (κ1) is 8.61. The lowest BCUT2D eigenvalue weighted by Gasteiger charge is -1.98. The summed E-state index contributed by atoms with van der Waals surface area (Å²) in [5.41, 5.74) is 0. The van der Waals surface area contributed by atoms with E-state index < -0.39 is 34.5 Å². The number of hydrogen-bond donors (Lipinski definition) is 0. The van der Waals surface area contributed by atoms with Crippen molar-refractivity contribution in [1.29, 1.82) is 0 Å². The summed E-state index contributed by atoms with van der Waals surface area (Å²) in [4.78, 5) is 0. The summed E-state index contributed by atoms with van der Waals surface area (Å²) >= 11 is 0. The molecule has 0 bridgehead atoms. The Morgan fingerprint density at radius 1 is 1.64 bits per heavy atom. The maximum Gasteiger partial charge on any atom is 0.273 e. The highest BCUT2D eigenvalue weighted by molar-refractivity contribution is 7.86. The molecule has 0 aromatic heterocycles. The van der Waals surface area contributed by atoms with E-state index in [4.69, 9.17) is 0 Å². The maximum atomic E-state index is 12.4. The number of halogens is 2. The lowest BCUT2D eigenvalue weighted by Crippen LogP contribution is -2.12. The van der Waals surface area contributed by atoms with E-state index in [-0.39, 0.29) is 0 Å². The van der Waals surface area contributed by atoms with Crippen LogP contribution in [0.4, 0.5) is 8.78 Å². The van der Waals surface area contributed by atoms with Crippen LogP contribution < -0.4 is 0 Å². The van der Waals surface area contributed by atoms with Crippen LogP contribution in [0.1, 0.15) is 0 Å². The van der Waals surface area contributed by atoms with Crippen molar-refractivity contribution in [2.24, 2.45) is 0 Å². The third-order valence-electron chi connectivity index (χ3n) is 1.08. The molecular formula is C5H6F2O3S. The predicted molar refractivity (Wildman–Crippen MR) is 33.8 cm³/mol. The smallest absolute Gasteiger partial charge is 0.266 e. The van der Waals surface area contributed by atoms with Crippen LogP contribution >= 0.6 is 0 Å². The summed E-state index contributed by atoms with van der Waals surface area (Å²) in [5.74, 6) is -1.87. The summed E-state index contributed by atoms with van der Waals surface area (Å²) in [7, 11) is -3.88. The van der Waals surface area contributed by atoms with E-state index in [1.807, 2.05) is 0 Å². The highest BCUT2D eigenvalue weighted by Crippen LogP contribution is 2.12. The fraction of sp³-hybridized carbons (Fsp3) is 0.600. The normalized spacial score (nSPS) is 30.7. The van der Waals surface area contributed by atoms with Gasteiger partial charge in [-0.2, -0.15) is 8.42 Å². The molecule has 0 saturated heterocycles. The second kappa shape index (κ2) is 2.86. The molecule has 64 valence electrons. The lowest BCUT2D eigenvalue weighted by atomic mass is 10.3. The van der Waals surface area contributed by atoms with Crippen LogP contribution in [-0.2, 0) is 14.3 Å². The Morgan fingerprint density at radius 2 is 2.27 bits per heavy atom. The fourth-order valence-corrected chi connectivity index (χ4v) is 1.53. The molecule has 3 nitrogen and oxygen atoms in total. The van der Waals surface area contributed by atoms with Crippen molar-refractivity contribution >= 4 is 10.1 Å². The Labute approximate surface area is 62.8 Å². The molecule has 0 N–H and O–H groups in total. The van der Waals surface area contributed by atoms with Crippen LogP contribution in [0.5, 0.6) is 0 Å². The topological polar surface area (TPSA) is 43.4 Å². The van der Waals surface area contributed by atoms with Gasteiger partial charge in [0, 0.05) is 0 Å². The molecule has 0 aliphatic carbocycles. The first-order chi connectivity index (χ1) is 4.99. The largest absolute Gasteiger partial charge is 0.273 e. The minimum absolute atomic E-state index is 0.602. The molecule has 0 radical (unpaired) electrons. The quantitative estimate of drug-likeness (QED) is 0.516. The predicted octanol–water partition coefficient (Wildman–Crippen LogP) is 0.538. The molecule has 0 amide bonds. The van der Waals surface area contributed by atoms with Gasteiger partial charge in [0.25, 0.3) is 10.1 Å². The van der Waals surface area contributed by atoms with E-state index in [1.54, 1.807) is 0 Å². The van der Waals surface area contributed by atoms with E-state index in [0.717, 1.165) is 0 Å². The van der Waals surface area contributed by atoms with Crippen LogP contribution in [0.2, 0.25) is 0 Å². The van der Waals surface area contributed by atoms with Gasteiger partial charge >= 0.3 is 0 Å². The lowest BCUT2D eigenvalue weighted by molar-refractivity contribution is 0.237. The molecular weight excluding hydrogens is 178 g/mol. The number of hydrogen-bond acceptors (Lipinski definition) is 3. The van der Waals surface area contributed by atoms with Crippen LogP contribution in [0.15, 0.2) is 11.9 Å². The van der Waals surface area contributed by atoms with Crippen LogP contribution in [0.25, 0.3) is 0 Å². The van der Waals surface area contributed by atoms with Gasteiger partial charge in [-0.15, -0.1) is 0 Å².